The lowest BCUT2D eigenvalue weighted by molar-refractivity contribution is 0.107. The second-order valence-electron chi connectivity index (χ2n) is 4.37. The molecule has 0 aromatic heterocycles. The van der Waals surface area contributed by atoms with E-state index in [9.17, 15) is 0 Å². The highest BCUT2D eigenvalue weighted by Gasteiger charge is 2.30. The van der Waals surface area contributed by atoms with Crippen molar-refractivity contribution in [2.75, 3.05) is 34.0 Å². The molecule has 0 atom stereocenters. The van der Waals surface area contributed by atoms with Gasteiger partial charge in [0.25, 0.3) is 0 Å². The Labute approximate surface area is 137 Å². The Kier molecular flexibility index (Phi) is 12.6. The molecular formula is C15H30O5Si2. The van der Waals surface area contributed by atoms with Gasteiger partial charge >= 0.3 is 18.1 Å². The molecule has 1 aromatic rings. The third-order valence-corrected chi connectivity index (χ3v) is 7.74. The minimum Gasteiger partial charge on any atom is -0.394 e. The molecule has 128 valence electrons. The van der Waals surface area contributed by atoms with Crippen LogP contribution in [0.3, 0.4) is 0 Å². The molecule has 5 nitrogen and oxygen atoms in total. The average molecular weight is 347 g/mol. The van der Waals surface area contributed by atoms with E-state index in [1.807, 2.05) is 57.7 Å². The van der Waals surface area contributed by atoms with Crippen molar-refractivity contribution in [1.29, 1.82) is 0 Å². The van der Waals surface area contributed by atoms with Crippen LogP contribution in [-0.4, -0.2) is 52.1 Å². The van der Waals surface area contributed by atoms with Gasteiger partial charge < -0.3 is 22.1 Å². The Hall–Kier alpha value is -0.546. The highest BCUT2D eigenvalue weighted by molar-refractivity contribution is 6.79. The predicted molar refractivity (Wildman–Crippen MR) is 93.7 cm³/mol. The molecule has 0 unspecified atom stereocenters. The van der Waals surface area contributed by atoms with Gasteiger partial charge in [-0.2, -0.15) is 0 Å². The van der Waals surface area contributed by atoms with Gasteiger partial charge in [0.1, 0.15) is 0 Å². The van der Waals surface area contributed by atoms with Crippen LogP contribution in [0.25, 0.3) is 0 Å². The van der Waals surface area contributed by atoms with E-state index < -0.39 is 18.1 Å². The maximum absolute atomic E-state index is 5.39. The summed E-state index contributed by atoms with van der Waals surface area (Å²) in [6.07, 6.45) is 0. The molecule has 0 radical (unpaired) electrons. The number of hydrogen-bond donors (Lipinski definition) is 0. The van der Waals surface area contributed by atoms with Crippen molar-refractivity contribution < 1.29 is 22.1 Å². The lowest BCUT2D eigenvalue weighted by Crippen LogP contribution is -2.49. The Morgan fingerprint density at radius 3 is 1.55 bits per heavy atom. The number of rotatable bonds is 9. The molecule has 1 rings (SSSR count). The van der Waals surface area contributed by atoms with Crippen LogP contribution >= 0.6 is 0 Å². The number of benzene rings is 1. The van der Waals surface area contributed by atoms with Crippen molar-refractivity contribution >= 4 is 23.3 Å². The van der Waals surface area contributed by atoms with E-state index in [-0.39, 0.29) is 0 Å². The molecular weight excluding hydrogens is 316 g/mol. The van der Waals surface area contributed by atoms with Crippen LogP contribution < -0.4 is 5.19 Å². The highest BCUT2D eigenvalue weighted by atomic mass is 28.4. The normalized spacial score (nSPS) is 11.2. The lowest BCUT2D eigenvalue weighted by atomic mass is 10.4. The second kappa shape index (κ2) is 12.9. The molecule has 1 aromatic carbocycles. The van der Waals surface area contributed by atoms with Crippen molar-refractivity contribution in [2.24, 2.45) is 0 Å². The molecule has 0 heterocycles. The summed E-state index contributed by atoms with van der Waals surface area (Å²) in [6, 6.07) is 10.1. The van der Waals surface area contributed by atoms with Crippen molar-refractivity contribution in [3.8, 4) is 0 Å². The topological polar surface area (TPSA) is 46.2 Å². The maximum atomic E-state index is 5.39. The summed E-state index contributed by atoms with van der Waals surface area (Å²) in [6.45, 7) is 9.89. The maximum Gasteiger partial charge on any atom is 0.484 e. The molecule has 0 spiro atoms. The Bertz CT molecular complexity index is 346. The van der Waals surface area contributed by atoms with Crippen molar-refractivity contribution in [3.63, 3.8) is 0 Å². The monoisotopic (exact) mass is 346 g/mol. The van der Waals surface area contributed by atoms with Crippen molar-refractivity contribution in [3.05, 3.63) is 30.3 Å². The van der Waals surface area contributed by atoms with Gasteiger partial charge in [-0.3, -0.25) is 0 Å². The van der Waals surface area contributed by atoms with Crippen LogP contribution in [-0.2, 0) is 22.1 Å². The molecule has 0 aliphatic heterocycles. The molecule has 0 bridgehead atoms. The molecule has 0 fully saturated rings. The van der Waals surface area contributed by atoms with Gasteiger partial charge in [-0.15, -0.1) is 0 Å². The lowest BCUT2D eigenvalue weighted by Gasteiger charge is -2.22. The average Bonchev–Trinajstić information content (AvgIpc) is 2.56. The van der Waals surface area contributed by atoms with Gasteiger partial charge in [0.15, 0.2) is 0 Å². The van der Waals surface area contributed by atoms with Gasteiger partial charge in [0.05, 0.1) is 0 Å². The fourth-order valence-corrected chi connectivity index (χ4v) is 4.15. The molecule has 0 aliphatic carbocycles. The first-order chi connectivity index (χ1) is 10.6. The minimum absolute atomic E-state index is 0.677. The third kappa shape index (κ3) is 8.18. The number of hydrogen-bond acceptors (Lipinski definition) is 5. The fraction of sp³-hybridized carbons (Fsp3) is 0.600. The van der Waals surface area contributed by atoms with E-state index in [1.165, 1.54) is 0 Å². The van der Waals surface area contributed by atoms with Gasteiger partial charge in [-0.25, -0.2) is 0 Å². The first-order valence-electron chi connectivity index (χ1n) is 7.58. The van der Waals surface area contributed by atoms with Crippen LogP contribution in [0.15, 0.2) is 30.3 Å². The van der Waals surface area contributed by atoms with Crippen LogP contribution in [0, 0.1) is 0 Å². The van der Waals surface area contributed by atoms with E-state index in [2.05, 4.69) is 0 Å². The molecule has 22 heavy (non-hydrogen) atoms. The summed E-state index contributed by atoms with van der Waals surface area (Å²) in [4.78, 5) is 0. The first kappa shape index (κ1) is 21.5. The predicted octanol–water partition coefficient (Wildman–Crippen LogP) is 2.07. The zero-order chi connectivity index (χ0) is 16.8. The quantitative estimate of drug-likeness (QED) is 0.641. The van der Waals surface area contributed by atoms with E-state index in [1.54, 1.807) is 14.2 Å². The van der Waals surface area contributed by atoms with Gasteiger partial charge in [0.2, 0.25) is 0 Å². The smallest absolute Gasteiger partial charge is 0.394 e. The highest BCUT2D eigenvalue weighted by Crippen LogP contribution is 2.04. The molecule has 0 N–H and O–H groups in total. The van der Waals surface area contributed by atoms with E-state index in [0.717, 1.165) is 5.19 Å². The molecule has 0 amide bonds. The zero-order valence-corrected chi connectivity index (χ0v) is 16.8. The molecule has 7 heteroatoms. The third-order valence-electron chi connectivity index (χ3n) is 2.99. The van der Waals surface area contributed by atoms with Crippen molar-refractivity contribution in [2.45, 2.75) is 27.3 Å². The minimum atomic E-state index is -2.07. The summed E-state index contributed by atoms with van der Waals surface area (Å²) in [5, 5.41) is 1.16. The fourth-order valence-electron chi connectivity index (χ4n) is 1.61. The van der Waals surface area contributed by atoms with E-state index in [0.29, 0.717) is 19.8 Å². The summed E-state index contributed by atoms with van der Waals surface area (Å²) in [7, 11) is -0.413. The summed E-state index contributed by atoms with van der Waals surface area (Å²) < 4.78 is 26.4. The van der Waals surface area contributed by atoms with Gasteiger partial charge in [-0.05, 0) is 32.5 Å². The Balaban J connectivity index is 0.000000409. The van der Waals surface area contributed by atoms with E-state index in [4.69, 9.17) is 22.1 Å². The Morgan fingerprint density at radius 2 is 1.23 bits per heavy atom. The molecule has 0 aliphatic rings. The molecule has 0 saturated heterocycles. The molecule has 0 saturated carbocycles. The SMILES string of the molecule is CCO[SiH](OCC)OCC.CO[Si](C)(OC)c1ccccc1. The van der Waals surface area contributed by atoms with Gasteiger partial charge in [-0.1, -0.05) is 30.3 Å². The van der Waals surface area contributed by atoms with Crippen LogP contribution in [0.4, 0.5) is 0 Å². The van der Waals surface area contributed by atoms with Crippen molar-refractivity contribution in [1.82, 2.24) is 0 Å². The summed E-state index contributed by atoms with van der Waals surface area (Å²) in [5.74, 6) is 0. The summed E-state index contributed by atoms with van der Waals surface area (Å²) >= 11 is 0. The van der Waals surface area contributed by atoms with Crippen LogP contribution in [0.1, 0.15) is 20.8 Å². The standard InChI is InChI=1S/C9H14O2Si.C6H16O3Si/c1-10-12(3,11-2)9-7-5-4-6-8-9;1-4-7-10(8-5-2)9-6-3/h4-8H,1-3H3;10H,4-6H2,1-3H3. The van der Waals surface area contributed by atoms with Crippen LogP contribution in [0.2, 0.25) is 6.55 Å². The van der Waals surface area contributed by atoms with E-state index >= 15 is 0 Å². The largest absolute Gasteiger partial charge is 0.484 e. The first-order valence-corrected chi connectivity index (χ1v) is 11.3. The van der Waals surface area contributed by atoms with Gasteiger partial charge in [0, 0.05) is 34.0 Å². The Morgan fingerprint density at radius 1 is 0.818 bits per heavy atom. The zero-order valence-electron chi connectivity index (χ0n) is 14.6. The second-order valence-corrected chi connectivity index (χ2v) is 9.24. The van der Waals surface area contributed by atoms with Crippen LogP contribution in [0.5, 0.6) is 0 Å². The summed E-state index contributed by atoms with van der Waals surface area (Å²) in [5.41, 5.74) is 0.